The van der Waals surface area contributed by atoms with Crippen LogP contribution in [0, 0.1) is 0 Å². The largest absolute Gasteiger partial charge is 0.345 e. The zero-order valence-corrected chi connectivity index (χ0v) is 10.3. The van der Waals surface area contributed by atoms with Crippen molar-refractivity contribution in [2.24, 2.45) is 0 Å². The number of hydrogen-bond donors (Lipinski definition) is 2. The van der Waals surface area contributed by atoms with Crippen LogP contribution in [0.25, 0.3) is 0 Å². The average molecular weight is 245 g/mol. The fourth-order valence-electron chi connectivity index (χ4n) is 1.66. The van der Waals surface area contributed by atoms with Gasteiger partial charge in [0.15, 0.2) is 0 Å². The summed E-state index contributed by atoms with van der Waals surface area (Å²) >= 11 is 0. The van der Waals surface area contributed by atoms with Crippen LogP contribution in [0.5, 0.6) is 0 Å². The highest BCUT2D eigenvalue weighted by atomic mass is 16.8. The third-order valence-corrected chi connectivity index (χ3v) is 2.61. The second-order valence-electron chi connectivity index (χ2n) is 4.10. The van der Waals surface area contributed by atoms with Crippen molar-refractivity contribution in [1.29, 1.82) is 0 Å². The summed E-state index contributed by atoms with van der Waals surface area (Å²) in [4.78, 5) is 25.0. The molecule has 17 heavy (non-hydrogen) atoms. The van der Waals surface area contributed by atoms with Crippen LogP contribution in [0.4, 0.5) is 0 Å². The molecule has 0 aliphatic carbocycles. The van der Waals surface area contributed by atoms with Gasteiger partial charge in [0.2, 0.25) is 0 Å². The monoisotopic (exact) mass is 245 g/mol. The lowest BCUT2D eigenvalue weighted by atomic mass is 10.1. The van der Waals surface area contributed by atoms with Gasteiger partial charge >= 0.3 is 5.97 Å². The summed E-state index contributed by atoms with van der Waals surface area (Å²) in [6.45, 7) is 0. The minimum atomic E-state index is -0.429. The number of hydrogen-bond acceptors (Lipinski definition) is 5. The van der Waals surface area contributed by atoms with E-state index in [0.29, 0.717) is 12.8 Å². The van der Waals surface area contributed by atoms with Gasteiger partial charge in [-0.05, 0) is 18.5 Å². The molecule has 0 unspecified atom stereocenters. The number of carbonyl (C=O) groups is 2. The maximum atomic E-state index is 10.8. The lowest BCUT2D eigenvalue weighted by Gasteiger charge is -2.01. The minimum Gasteiger partial charge on any atom is -0.345 e. The van der Waals surface area contributed by atoms with Gasteiger partial charge in [-0.1, -0.05) is 38.5 Å². The van der Waals surface area contributed by atoms with E-state index in [-0.39, 0.29) is 0 Å². The molecule has 0 aliphatic heterocycles. The number of nitrogens with one attached hydrogen (secondary N) is 1. The molecule has 0 rings (SSSR count). The van der Waals surface area contributed by atoms with E-state index in [2.05, 4.69) is 4.84 Å². The predicted molar refractivity (Wildman–Crippen MR) is 63.2 cm³/mol. The summed E-state index contributed by atoms with van der Waals surface area (Å²) in [5.41, 5.74) is 1.38. The van der Waals surface area contributed by atoms with E-state index in [1.165, 1.54) is 24.9 Å². The van der Waals surface area contributed by atoms with Crippen LogP contribution in [0.3, 0.4) is 0 Å². The summed E-state index contributed by atoms with van der Waals surface area (Å²) in [7, 11) is 0. The van der Waals surface area contributed by atoms with E-state index in [0.717, 1.165) is 38.4 Å². The molecule has 0 amide bonds. The second kappa shape index (κ2) is 13.1. The summed E-state index contributed by atoms with van der Waals surface area (Å²) in [5.74, 6) is -0.429. The smallest absolute Gasteiger partial charge is 0.327 e. The van der Waals surface area contributed by atoms with E-state index in [9.17, 15) is 9.59 Å². The fraction of sp³-hybridized carbons (Fsp3) is 0.833. The lowest BCUT2D eigenvalue weighted by Crippen LogP contribution is -2.15. The molecule has 0 spiro atoms. The third kappa shape index (κ3) is 13.0. The first kappa shape index (κ1) is 16.1. The number of carbonyl (C=O) groups excluding carboxylic acids is 2. The van der Waals surface area contributed by atoms with E-state index in [4.69, 9.17) is 5.21 Å². The standard InChI is InChI=1S/C12H23NO4/c14-11-9-7-5-3-1-2-4-6-8-10-12(15)17-13-16/h11,13,16H,1-10H2. The van der Waals surface area contributed by atoms with Gasteiger partial charge in [0.25, 0.3) is 0 Å². The molecule has 0 saturated heterocycles. The molecule has 0 saturated carbocycles. The maximum absolute atomic E-state index is 10.8. The molecule has 0 fully saturated rings. The highest BCUT2D eigenvalue weighted by Crippen LogP contribution is 2.10. The second-order valence-corrected chi connectivity index (χ2v) is 4.10. The Hall–Kier alpha value is -0.940. The maximum Gasteiger partial charge on any atom is 0.327 e. The van der Waals surface area contributed by atoms with Crippen molar-refractivity contribution < 1.29 is 19.6 Å². The van der Waals surface area contributed by atoms with Crippen molar-refractivity contribution in [2.75, 3.05) is 0 Å². The average Bonchev–Trinajstić information content (AvgIpc) is 2.32. The lowest BCUT2D eigenvalue weighted by molar-refractivity contribution is -0.176. The Morgan fingerprint density at radius 1 is 1.00 bits per heavy atom. The van der Waals surface area contributed by atoms with Crippen molar-refractivity contribution in [3.05, 3.63) is 0 Å². The van der Waals surface area contributed by atoms with Gasteiger partial charge in [-0.25, -0.2) is 0 Å². The van der Waals surface area contributed by atoms with Crippen molar-refractivity contribution in [1.82, 2.24) is 5.64 Å². The molecule has 100 valence electrons. The van der Waals surface area contributed by atoms with Crippen LogP contribution in [0.1, 0.15) is 64.2 Å². The molecule has 0 aliphatic rings. The van der Waals surface area contributed by atoms with Crippen LogP contribution < -0.4 is 5.64 Å². The first-order valence-electron chi connectivity index (χ1n) is 6.33. The van der Waals surface area contributed by atoms with Crippen LogP contribution in [0.15, 0.2) is 0 Å². The molecule has 0 bridgehead atoms. The van der Waals surface area contributed by atoms with Crippen molar-refractivity contribution >= 4 is 12.3 Å². The van der Waals surface area contributed by atoms with Crippen molar-refractivity contribution in [2.45, 2.75) is 64.2 Å². The fourth-order valence-corrected chi connectivity index (χ4v) is 1.66. The van der Waals surface area contributed by atoms with Gasteiger partial charge in [-0.2, -0.15) is 0 Å². The molecule has 5 nitrogen and oxygen atoms in total. The van der Waals surface area contributed by atoms with Gasteiger partial charge in [-0.3, -0.25) is 10.0 Å². The molecule has 0 aromatic carbocycles. The molecular formula is C12H23NO4. The summed E-state index contributed by atoms with van der Waals surface area (Å²) in [6, 6.07) is 0. The first-order chi connectivity index (χ1) is 8.31. The Morgan fingerprint density at radius 3 is 2.06 bits per heavy atom. The SMILES string of the molecule is O=CCCCCCCCCCCC(=O)ONO. The number of rotatable bonds is 12. The zero-order chi connectivity index (χ0) is 12.8. The number of unbranched alkanes of at least 4 members (excludes halogenated alkanes) is 8. The van der Waals surface area contributed by atoms with Gasteiger partial charge in [0.05, 0.1) is 0 Å². The molecule has 0 aromatic rings. The Balaban J connectivity index is 3.03. The first-order valence-corrected chi connectivity index (χ1v) is 6.33. The van der Waals surface area contributed by atoms with E-state index in [1.54, 1.807) is 0 Å². The quantitative estimate of drug-likeness (QED) is 0.314. The van der Waals surface area contributed by atoms with E-state index >= 15 is 0 Å². The molecular weight excluding hydrogens is 222 g/mol. The van der Waals surface area contributed by atoms with Crippen molar-refractivity contribution in [3.8, 4) is 0 Å². The molecule has 5 heteroatoms. The molecule has 0 heterocycles. The van der Waals surface area contributed by atoms with Crippen molar-refractivity contribution in [3.63, 3.8) is 0 Å². The highest BCUT2D eigenvalue weighted by molar-refractivity contribution is 5.68. The van der Waals surface area contributed by atoms with E-state index in [1.807, 2.05) is 0 Å². The normalized spacial score (nSPS) is 10.2. The van der Waals surface area contributed by atoms with Crippen LogP contribution >= 0.6 is 0 Å². The molecule has 0 aromatic heterocycles. The molecule has 0 radical (unpaired) electrons. The predicted octanol–water partition coefficient (Wildman–Crippen LogP) is 2.52. The van der Waals surface area contributed by atoms with Crippen LogP contribution in [-0.4, -0.2) is 17.5 Å². The Labute approximate surface area is 102 Å². The van der Waals surface area contributed by atoms with Gasteiger partial charge < -0.3 is 9.63 Å². The minimum absolute atomic E-state index is 0.340. The summed E-state index contributed by atoms with van der Waals surface area (Å²) in [5, 5.41) is 8.08. The summed E-state index contributed by atoms with van der Waals surface area (Å²) < 4.78 is 0. The van der Waals surface area contributed by atoms with Gasteiger partial charge in [0.1, 0.15) is 6.29 Å². The number of aldehydes is 1. The topological polar surface area (TPSA) is 75.6 Å². The molecule has 0 atom stereocenters. The summed E-state index contributed by atoms with van der Waals surface area (Å²) in [6.07, 6.45) is 10.6. The van der Waals surface area contributed by atoms with Gasteiger partial charge in [0, 0.05) is 12.8 Å². The Kier molecular flexibility index (Phi) is 12.4. The van der Waals surface area contributed by atoms with Crippen LogP contribution in [-0.2, 0) is 14.4 Å². The Bertz CT molecular complexity index is 197. The highest BCUT2D eigenvalue weighted by Gasteiger charge is 2.01. The molecule has 2 N–H and O–H groups in total. The van der Waals surface area contributed by atoms with Gasteiger partial charge in [-0.15, -0.1) is 0 Å². The third-order valence-electron chi connectivity index (χ3n) is 2.61. The van der Waals surface area contributed by atoms with Crippen LogP contribution in [0.2, 0.25) is 0 Å². The Morgan fingerprint density at radius 2 is 1.53 bits per heavy atom. The zero-order valence-electron chi connectivity index (χ0n) is 10.3. The van der Waals surface area contributed by atoms with E-state index < -0.39 is 5.97 Å².